The Bertz CT molecular complexity index is 861. The van der Waals surface area contributed by atoms with Crippen LogP contribution in [0.4, 0.5) is 0 Å². The molecule has 3 heterocycles. The average Bonchev–Trinajstić information content (AvgIpc) is 3.09. The van der Waals surface area contributed by atoms with E-state index in [-0.39, 0.29) is 11.9 Å². The molecule has 0 aliphatic carbocycles. The highest BCUT2D eigenvalue weighted by atomic mass is 16.1. The second-order valence-corrected chi connectivity index (χ2v) is 5.86. The molecule has 0 aliphatic rings. The van der Waals surface area contributed by atoms with Crippen molar-refractivity contribution in [3.8, 4) is 0 Å². The quantitative estimate of drug-likeness (QED) is 0.799. The van der Waals surface area contributed by atoms with Gasteiger partial charge in [-0.15, -0.1) is 0 Å². The number of nitrogens with one attached hydrogen (secondary N) is 1. The van der Waals surface area contributed by atoms with Crippen LogP contribution in [0.25, 0.3) is 11.0 Å². The minimum Gasteiger partial charge on any atom is -0.346 e. The Labute approximate surface area is 134 Å². The van der Waals surface area contributed by atoms with Crippen LogP contribution in [0.3, 0.4) is 0 Å². The van der Waals surface area contributed by atoms with Crippen LogP contribution in [-0.4, -0.2) is 30.5 Å². The van der Waals surface area contributed by atoms with Gasteiger partial charge in [0.2, 0.25) is 0 Å². The van der Waals surface area contributed by atoms with Crippen LogP contribution in [0.1, 0.15) is 41.6 Å². The molecule has 1 N–H and O–H groups in total. The second kappa shape index (κ2) is 5.83. The van der Waals surface area contributed by atoms with Gasteiger partial charge in [0.15, 0.2) is 5.65 Å². The third-order valence-electron chi connectivity index (χ3n) is 3.78. The van der Waals surface area contributed by atoms with E-state index in [1.54, 1.807) is 23.1 Å². The van der Waals surface area contributed by atoms with E-state index in [1.807, 2.05) is 38.6 Å². The van der Waals surface area contributed by atoms with Crippen molar-refractivity contribution in [3.05, 3.63) is 41.5 Å². The zero-order valence-corrected chi connectivity index (χ0v) is 13.7. The van der Waals surface area contributed by atoms with Crippen molar-refractivity contribution in [1.82, 2.24) is 29.9 Å². The van der Waals surface area contributed by atoms with Crippen LogP contribution in [0.5, 0.6) is 0 Å². The van der Waals surface area contributed by atoms with Gasteiger partial charge in [0, 0.05) is 25.0 Å². The van der Waals surface area contributed by atoms with Crippen LogP contribution in [0.15, 0.2) is 24.5 Å². The smallest absolute Gasteiger partial charge is 0.252 e. The summed E-state index contributed by atoms with van der Waals surface area (Å²) < 4.78 is 3.57. The highest BCUT2D eigenvalue weighted by Crippen LogP contribution is 2.21. The Morgan fingerprint density at radius 1 is 1.35 bits per heavy atom. The number of fused-ring (bicyclic) bond motifs is 1. The Morgan fingerprint density at radius 2 is 2.13 bits per heavy atom. The van der Waals surface area contributed by atoms with Crippen LogP contribution in [0, 0.1) is 6.92 Å². The molecule has 7 nitrogen and oxygen atoms in total. The molecule has 3 aromatic heterocycles. The van der Waals surface area contributed by atoms with E-state index in [2.05, 4.69) is 20.5 Å². The molecule has 23 heavy (non-hydrogen) atoms. The maximum atomic E-state index is 12.6. The van der Waals surface area contributed by atoms with Crippen molar-refractivity contribution < 1.29 is 4.79 Å². The summed E-state index contributed by atoms with van der Waals surface area (Å²) in [4.78, 5) is 17.1. The summed E-state index contributed by atoms with van der Waals surface area (Å²) in [6.45, 7) is 6.39. The molecule has 1 amide bonds. The van der Waals surface area contributed by atoms with Crippen LogP contribution in [0.2, 0.25) is 0 Å². The maximum Gasteiger partial charge on any atom is 0.252 e. The van der Waals surface area contributed by atoms with Gasteiger partial charge in [0.1, 0.15) is 0 Å². The SMILES string of the molecule is Cc1cc(C(=O)NCc2ccnn2C)c2cnn(C(C)C)c2n1. The van der Waals surface area contributed by atoms with Gasteiger partial charge in [0.05, 0.1) is 29.4 Å². The molecule has 3 rings (SSSR count). The number of nitrogens with zero attached hydrogens (tertiary/aromatic N) is 5. The fourth-order valence-electron chi connectivity index (χ4n) is 2.55. The van der Waals surface area contributed by atoms with Gasteiger partial charge in [-0.05, 0) is 32.9 Å². The van der Waals surface area contributed by atoms with E-state index in [9.17, 15) is 4.79 Å². The third kappa shape index (κ3) is 2.81. The first-order chi connectivity index (χ1) is 11.0. The van der Waals surface area contributed by atoms with Crippen molar-refractivity contribution >= 4 is 16.9 Å². The number of aromatic nitrogens is 5. The van der Waals surface area contributed by atoms with Crippen molar-refractivity contribution in [3.63, 3.8) is 0 Å². The number of aryl methyl sites for hydroxylation is 2. The van der Waals surface area contributed by atoms with E-state index in [0.29, 0.717) is 12.1 Å². The molecular weight excluding hydrogens is 292 g/mol. The minimum absolute atomic E-state index is 0.134. The van der Waals surface area contributed by atoms with Gasteiger partial charge in [-0.1, -0.05) is 0 Å². The molecule has 0 fully saturated rings. The predicted octanol–water partition coefficient (Wildman–Crippen LogP) is 1.98. The number of rotatable bonds is 4. The first-order valence-electron chi connectivity index (χ1n) is 7.57. The summed E-state index contributed by atoms with van der Waals surface area (Å²) in [5.41, 5.74) is 3.08. The predicted molar refractivity (Wildman–Crippen MR) is 87.0 cm³/mol. The molecule has 0 atom stereocenters. The molecule has 0 saturated heterocycles. The summed E-state index contributed by atoms with van der Waals surface area (Å²) in [7, 11) is 1.85. The molecule has 120 valence electrons. The lowest BCUT2D eigenvalue weighted by Crippen LogP contribution is -2.24. The standard InChI is InChI=1S/C16H20N6O/c1-10(2)22-15-14(9-19-22)13(7-11(3)20-15)16(23)17-8-12-5-6-18-21(12)4/h5-7,9-10H,8H2,1-4H3,(H,17,23). The summed E-state index contributed by atoms with van der Waals surface area (Å²) in [5.74, 6) is -0.134. The molecule has 0 spiro atoms. The number of amides is 1. The van der Waals surface area contributed by atoms with Gasteiger partial charge in [-0.2, -0.15) is 10.2 Å². The van der Waals surface area contributed by atoms with Gasteiger partial charge in [0.25, 0.3) is 5.91 Å². The maximum absolute atomic E-state index is 12.6. The monoisotopic (exact) mass is 312 g/mol. The number of hydrogen-bond donors (Lipinski definition) is 1. The average molecular weight is 312 g/mol. The topological polar surface area (TPSA) is 77.6 Å². The number of carbonyl (C=O) groups excluding carboxylic acids is 1. The Balaban J connectivity index is 1.92. The zero-order valence-electron chi connectivity index (χ0n) is 13.7. The van der Waals surface area contributed by atoms with Crippen molar-refractivity contribution in [2.75, 3.05) is 0 Å². The molecule has 7 heteroatoms. The van der Waals surface area contributed by atoms with Gasteiger partial charge >= 0.3 is 0 Å². The number of hydrogen-bond acceptors (Lipinski definition) is 4. The largest absolute Gasteiger partial charge is 0.346 e. The van der Waals surface area contributed by atoms with Gasteiger partial charge in [-0.3, -0.25) is 9.48 Å². The van der Waals surface area contributed by atoms with Crippen molar-refractivity contribution in [2.45, 2.75) is 33.4 Å². The van der Waals surface area contributed by atoms with Gasteiger partial charge in [-0.25, -0.2) is 9.67 Å². The summed E-state index contributed by atoms with van der Waals surface area (Å²) in [6, 6.07) is 3.87. The normalized spacial score (nSPS) is 11.3. The molecule has 0 radical (unpaired) electrons. The molecule has 0 bridgehead atoms. The van der Waals surface area contributed by atoms with Crippen LogP contribution >= 0.6 is 0 Å². The summed E-state index contributed by atoms with van der Waals surface area (Å²) in [6.07, 6.45) is 3.42. The lowest BCUT2D eigenvalue weighted by atomic mass is 10.1. The van der Waals surface area contributed by atoms with E-state index in [0.717, 1.165) is 22.4 Å². The summed E-state index contributed by atoms with van der Waals surface area (Å²) in [5, 5.41) is 12.2. The highest BCUT2D eigenvalue weighted by Gasteiger charge is 2.17. The number of pyridine rings is 1. The van der Waals surface area contributed by atoms with E-state index in [1.165, 1.54) is 0 Å². The van der Waals surface area contributed by atoms with Crippen LogP contribution in [-0.2, 0) is 13.6 Å². The van der Waals surface area contributed by atoms with E-state index >= 15 is 0 Å². The molecule has 3 aromatic rings. The molecule has 0 saturated carbocycles. The lowest BCUT2D eigenvalue weighted by Gasteiger charge is -2.09. The first kappa shape index (κ1) is 15.2. The second-order valence-electron chi connectivity index (χ2n) is 5.86. The fourth-order valence-corrected chi connectivity index (χ4v) is 2.55. The molecular formula is C16H20N6O. The molecule has 0 aromatic carbocycles. The van der Waals surface area contributed by atoms with E-state index in [4.69, 9.17) is 0 Å². The summed E-state index contributed by atoms with van der Waals surface area (Å²) >= 11 is 0. The van der Waals surface area contributed by atoms with Crippen molar-refractivity contribution in [1.29, 1.82) is 0 Å². The fraction of sp³-hybridized carbons (Fsp3) is 0.375. The Hall–Kier alpha value is -2.70. The molecule has 0 unspecified atom stereocenters. The van der Waals surface area contributed by atoms with Gasteiger partial charge < -0.3 is 5.32 Å². The Morgan fingerprint density at radius 3 is 2.78 bits per heavy atom. The highest BCUT2D eigenvalue weighted by molar-refractivity contribution is 6.05. The molecule has 0 aliphatic heterocycles. The van der Waals surface area contributed by atoms with Crippen molar-refractivity contribution in [2.24, 2.45) is 7.05 Å². The van der Waals surface area contributed by atoms with E-state index < -0.39 is 0 Å². The number of carbonyl (C=O) groups is 1. The van der Waals surface area contributed by atoms with Crippen LogP contribution < -0.4 is 5.32 Å². The lowest BCUT2D eigenvalue weighted by molar-refractivity contribution is 0.0951. The zero-order chi connectivity index (χ0) is 16.6. The Kier molecular flexibility index (Phi) is 3.85. The first-order valence-corrected chi connectivity index (χ1v) is 7.57. The third-order valence-corrected chi connectivity index (χ3v) is 3.78. The minimum atomic E-state index is -0.134.